The van der Waals surface area contributed by atoms with Gasteiger partial charge in [-0.15, -0.1) is 6.58 Å². The number of rotatable bonds is 6. The standard InChI is InChI=1S/C11H17N/c1-5-8-10(4)11(9-6-2)12-7-3/h5-7,9-10,12H,1-3,8H2,4H3/b11-9+. The molecule has 0 aliphatic heterocycles. The van der Waals surface area contributed by atoms with Crippen LogP contribution >= 0.6 is 0 Å². The minimum absolute atomic E-state index is 0.443. The van der Waals surface area contributed by atoms with Crippen LogP contribution in [0.2, 0.25) is 0 Å². The highest BCUT2D eigenvalue weighted by atomic mass is 14.8. The van der Waals surface area contributed by atoms with Gasteiger partial charge in [0.05, 0.1) is 0 Å². The number of allylic oxidation sites excluding steroid dienone is 4. The molecule has 0 amide bonds. The highest BCUT2D eigenvalue weighted by molar-refractivity contribution is 5.13. The van der Waals surface area contributed by atoms with E-state index in [9.17, 15) is 0 Å². The summed E-state index contributed by atoms with van der Waals surface area (Å²) in [4.78, 5) is 0. The molecule has 1 heteroatoms. The van der Waals surface area contributed by atoms with Crippen molar-refractivity contribution in [3.05, 3.63) is 49.9 Å². The van der Waals surface area contributed by atoms with E-state index in [0.29, 0.717) is 5.92 Å². The molecule has 0 aliphatic rings. The van der Waals surface area contributed by atoms with Gasteiger partial charge in [0.2, 0.25) is 0 Å². The maximum Gasteiger partial charge on any atom is 0.0178 e. The molecule has 0 aromatic heterocycles. The third-order valence-electron chi connectivity index (χ3n) is 1.62. The molecular formula is C11H17N. The Morgan fingerprint density at radius 2 is 2.08 bits per heavy atom. The van der Waals surface area contributed by atoms with Crippen LogP contribution in [0.3, 0.4) is 0 Å². The van der Waals surface area contributed by atoms with Gasteiger partial charge in [-0.2, -0.15) is 0 Å². The summed E-state index contributed by atoms with van der Waals surface area (Å²) in [7, 11) is 0. The summed E-state index contributed by atoms with van der Waals surface area (Å²) >= 11 is 0. The van der Waals surface area contributed by atoms with Crippen molar-refractivity contribution < 1.29 is 0 Å². The molecule has 0 aromatic carbocycles. The van der Waals surface area contributed by atoms with Crippen molar-refractivity contribution in [3.8, 4) is 0 Å². The van der Waals surface area contributed by atoms with Crippen LogP contribution in [-0.4, -0.2) is 0 Å². The minimum atomic E-state index is 0.443. The van der Waals surface area contributed by atoms with Gasteiger partial charge in [-0.05, 0) is 24.6 Å². The Bertz CT molecular complexity index is 189. The van der Waals surface area contributed by atoms with Crippen LogP contribution in [0.25, 0.3) is 0 Å². The fraction of sp³-hybridized carbons (Fsp3) is 0.273. The van der Waals surface area contributed by atoms with Crippen LogP contribution in [0, 0.1) is 5.92 Å². The first kappa shape index (κ1) is 10.8. The van der Waals surface area contributed by atoms with Crippen molar-refractivity contribution in [2.24, 2.45) is 5.92 Å². The van der Waals surface area contributed by atoms with Gasteiger partial charge >= 0.3 is 0 Å². The highest BCUT2D eigenvalue weighted by Crippen LogP contribution is 2.12. The van der Waals surface area contributed by atoms with Gasteiger partial charge in [-0.3, -0.25) is 0 Å². The van der Waals surface area contributed by atoms with E-state index < -0.39 is 0 Å². The van der Waals surface area contributed by atoms with Gasteiger partial charge in [0.1, 0.15) is 0 Å². The quantitative estimate of drug-likeness (QED) is 0.469. The lowest BCUT2D eigenvalue weighted by molar-refractivity contribution is 0.655. The van der Waals surface area contributed by atoms with E-state index in [1.54, 1.807) is 12.3 Å². The zero-order valence-electron chi connectivity index (χ0n) is 7.72. The molecule has 0 saturated carbocycles. The maximum atomic E-state index is 3.70. The largest absolute Gasteiger partial charge is 0.365 e. The average Bonchev–Trinajstić information content (AvgIpc) is 2.04. The second-order valence-electron chi connectivity index (χ2n) is 2.63. The van der Waals surface area contributed by atoms with Crippen molar-refractivity contribution in [3.63, 3.8) is 0 Å². The maximum absolute atomic E-state index is 3.70. The van der Waals surface area contributed by atoms with E-state index in [2.05, 4.69) is 32.0 Å². The average molecular weight is 163 g/mol. The third kappa shape index (κ3) is 3.81. The molecule has 0 aromatic rings. The molecule has 0 heterocycles. The van der Waals surface area contributed by atoms with E-state index in [0.717, 1.165) is 12.1 Å². The molecule has 66 valence electrons. The lowest BCUT2D eigenvalue weighted by Gasteiger charge is -2.13. The minimum Gasteiger partial charge on any atom is -0.365 e. The summed E-state index contributed by atoms with van der Waals surface area (Å²) < 4.78 is 0. The van der Waals surface area contributed by atoms with Crippen LogP contribution in [0.4, 0.5) is 0 Å². The molecule has 0 bridgehead atoms. The monoisotopic (exact) mass is 163 g/mol. The topological polar surface area (TPSA) is 12.0 Å². The van der Waals surface area contributed by atoms with Gasteiger partial charge in [-0.25, -0.2) is 0 Å². The van der Waals surface area contributed by atoms with Crippen molar-refractivity contribution in [1.29, 1.82) is 0 Å². The smallest absolute Gasteiger partial charge is 0.0178 e. The predicted molar refractivity (Wildman–Crippen MR) is 55.6 cm³/mol. The van der Waals surface area contributed by atoms with Gasteiger partial charge < -0.3 is 5.32 Å². The summed E-state index contributed by atoms with van der Waals surface area (Å²) in [5.74, 6) is 0.443. The van der Waals surface area contributed by atoms with Gasteiger partial charge in [0.15, 0.2) is 0 Å². The molecule has 0 radical (unpaired) electrons. The summed E-state index contributed by atoms with van der Waals surface area (Å²) in [5, 5.41) is 3.07. The molecule has 1 unspecified atom stereocenters. The Morgan fingerprint density at radius 1 is 1.42 bits per heavy atom. The van der Waals surface area contributed by atoms with Gasteiger partial charge in [-0.1, -0.05) is 32.2 Å². The predicted octanol–water partition coefficient (Wildman–Crippen LogP) is 3.00. The molecule has 12 heavy (non-hydrogen) atoms. The van der Waals surface area contributed by atoms with Gasteiger partial charge in [0.25, 0.3) is 0 Å². The van der Waals surface area contributed by atoms with Crippen molar-refractivity contribution in [2.45, 2.75) is 13.3 Å². The molecule has 0 fully saturated rings. The molecule has 1 atom stereocenters. The molecule has 0 saturated heterocycles. The number of hydrogen-bond donors (Lipinski definition) is 1. The lowest BCUT2D eigenvalue weighted by atomic mass is 10.0. The van der Waals surface area contributed by atoms with Crippen LogP contribution < -0.4 is 5.32 Å². The molecule has 1 N–H and O–H groups in total. The first-order valence-electron chi connectivity index (χ1n) is 4.07. The van der Waals surface area contributed by atoms with Crippen LogP contribution in [0.5, 0.6) is 0 Å². The van der Waals surface area contributed by atoms with Crippen LogP contribution in [-0.2, 0) is 0 Å². The normalized spacial score (nSPS) is 13.2. The van der Waals surface area contributed by atoms with E-state index in [1.807, 2.05) is 12.2 Å². The molecular weight excluding hydrogens is 146 g/mol. The molecule has 0 spiro atoms. The van der Waals surface area contributed by atoms with E-state index in [4.69, 9.17) is 0 Å². The Balaban J connectivity index is 4.26. The summed E-state index contributed by atoms with van der Waals surface area (Å²) in [6, 6.07) is 0. The second-order valence-corrected chi connectivity index (χ2v) is 2.63. The van der Waals surface area contributed by atoms with E-state index in [-0.39, 0.29) is 0 Å². The van der Waals surface area contributed by atoms with E-state index >= 15 is 0 Å². The van der Waals surface area contributed by atoms with Crippen molar-refractivity contribution >= 4 is 0 Å². The Morgan fingerprint density at radius 3 is 2.50 bits per heavy atom. The summed E-state index contributed by atoms with van der Waals surface area (Å²) in [6.07, 6.45) is 8.27. The zero-order valence-corrected chi connectivity index (χ0v) is 7.72. The van der Waals surface area contributed by atoms with Crippen LogP contribution in [0.1, 0.15) is 13.3 Å². The summed E-state index contributed by atoms with van der Waals surface area (Å²) in [6.45, 7) is 13.1. The Labute approximate surface area is 75.2 Å². The lowest BCUT2D eigenvalue weighted by Crippen LogP contribution is -2.11. The Kier molecular flexibility index (Phi) is 5.80. The van der Waals surface area contributed by atoms with Crippen molar-refractivity contribution in [1.82, 2.24) is 5.32 Å². The molecule has 0 rings (SSSR count). The third-order valence-corrected chi connectivity index (χ3v) is 1.62. The number of nitrogens with one attached hydrogen (secondary N) is 1. The fourth-order valence-corrected chi connectivity index (χ4v) is 0.976. The summed E-state index contributed by atoms with van der Waals surface area (Å²) in [5.41, 5.74) is 1.12. The number of hydrogen-bond acceptors (Lipinski definition) is 1. The first-order chi connectivity index (χ1) is 5.76. The van der Waals surface area contributed by atoms with Crippen LogP contribution in [0.15, 0.2) is 49.9 Å². The fourth-order valence-electron chi connectivity index (χ4n) is 0.976. The van der Waals surface area contributed by atoms with Gasteiger partial charge in [0, 0.05) is 5.70 Å². The van der Waals surface area contributed by atoms with Crippen molar-refractivity contribution in [2.75, 3.05) is 0 Å². The SMILES string of the molecule is C=C/C=C(/NC=C)C(C)CC=C. The first-order valence-corrected chi connectivity index (χ1v) is 4.07. The Hall–Kier alpha value is -1.24. The highest BCUT2D eigenvalue weighted by Gasteiger charge is 2.03. The molecule has 0 aliphatic carbocycles. The second kappa shape index (κ2) is 6.47. The zero-order chi connectivity index (χ0) is 9.40. The van der Waals surface area contributed by atoms with E-state index in [1.165, 1.54) is 0 Å². The molecule has 1 nitrogen and oxygen atoms in total.